The number of ether oxygens (including phenoxy) is 2. The smallest absolute Gasteiger partial charge is 0.305 e. The van der Waals surface area contributed by atoms with Gasteiger partial charge in [-0.25, -0.2) is 0 Å². The van der Waals surface area contributed by atoms with E-state index >= 15 is 0 Å². The molecule has 0 fully saturated rings. The third-order valence-electron chi connectivity index (χ3n) is 5.70. The molecule has 0 saturated carbocycles. The number of rotatable bonds is 11. The second kappa shape index (κ2) is 10.3. The molecule has 1 aromatic heterocycles. The van der Waals surface area contributed by atoms with Crippen LogP contribution < -0.4 is 14.4 Å². The van der Waals surface area contributed by atoms with E-state index in [2.05, 4.69) is 27.7 Å². The van der Waals surface area contributed by atoms with Crippen molar-refractivity contribution in [3.8, 4) is 11.5 Å². The van der Waals surface area contributed by atoms with Crippen molar-refractivity contribution in [3.05, 3.63) is 66.7 Å². The molecule has 172 valence electrons. The zero-order valence-electron chi connectivity index (χ0n) is 19.2. The first-order valence-electron chi connectivity index (χ1n) is 11.3. The minimum atomic E-state index is -0.802. The van der Waals surface area contributed by atoms with Gasteiger partial charge in [-0.15, -0.1) is 0 Å². The van der Waals surface area contributed by atoms with Gasteiger partial charge in [-0.05, 0) is 43.2 Å². The van der Waals surface area contributed by atoms with E-state index in [1.807, 2.05) is 62.6 Å². The summed E-state index contributed by atoms with van der Waals surface area (Å²) in [6.07, 6.45) is 1.86. The number of para-hydroxylation sites is 1. The van der Waals surface area contributed by atoms with Crippen molar-refractivity contribution < 1.29 is 19.4 Å². The third kappa shape index (κ3) is 5.40. The predicted octanol–water partition coefficient (Wildman–Crippen LogP) is 5.57. The fourth-order valence-corrected chi connectivity index (χ4v) is 4.00. The van der Waals surface area contributed by atoms with Crippen molar-refractivity contribution in [2.75, 3.05) is 32.2 Å². The van der Waals surface area contributed by atoms with Gasteiger partial charge in [0.05, 0.1) is 25.2 Å². The lowest BCUT2D eigenvalue weighted by Gasteiger charge is -2.14. The molecule has 6 nitrogen and oxygen atoms in total. The number of fused-ring (bicyclic) bond motifs is 3. The molecular weight excluding hydrogens is 416 g/mol. The summed E-state index contributed by atoms with van der Waals surface area (Å²) in [5.41, 5.74) is 3.16. The Labute approximate surface area is 193 Å². The average Bonchev–Trinajstić information content (AvgIpc) is 3.13. The Bertz CT molecular complexity index is 1250. The third-order valence-corrected chi connectivity index (χ3v) is 5.70. The number of carbonyl (C=O) groups is 1. The van der Waals surface area contributed by atoms with E-state index in [0.717, 1.165) is 51.8 Å². The van der Waals surface area contributed by atoms with Crippen LogP contribution in [0.5, 0.6) is 11.5 Å². The molecule has 0 amide bonds. The molecule has 0 aliphatic carbocycles. The average molecular weight is 447 g/mol. The van der Waals surface area contributed by atoms with Crippen LogP contribution >= 0.6 is 0 Å². The molecule has 0 aliphatic rings. The number of hydrogen-bond donors (Lipinski definition) is 1. The monoisotopic (exact) mass is 446 g/mol. The van der Waals surface area contributed by atoms with E-state index in [0.29, 0.717) is 19.8 Å². The van der Waals surface area contributed by atoms with Gasteiger partial charge in [0, 0.05) is 54.7 Å². The first-order valence-corrected chi connectivity index (χ1v) is 11.3. The Balaban J connectivity index is 1.35. The van der Waals surface area contributed by atoms with Crippen LogP contribution in [0.4, 0.5) is 5.69 Å². The van der Waals surface area contributed by atoms with Crippen LogP contribution in [0.2, 0.25) is 0 Å². The van der Waals surface area contributed by atoms with Crippen LogP contribution in [-0.4, -0.2) is 43.0 Å². The summed E-state index contributed by atoms with van der Waals surface area (Å²) in [4.78, 5) is 13.2. The van der Waals surface area contributed by atoms with Crippen molar-refractivity contribution in [3.63, 3.8) is 0 Å². The van der Waals surface area contributed by atoms with Gasteiger partial charge >= 0.3 is 5.97 Å². The van der Waals surface area contributed by atoms with Crippen molar-refractivity contribution in [1.29, 1.82) is 0 Å². The Kier molecular flexibility index (Phi) is 7.03. The standard InChI is InChI=1S/C27H30N2O4/c1-28(2)20-8-7-9-21(18-20)32-16-5-6-17-33-22-12-13-24-23-10-3-4-11-25(23)29(26(24)19-22)15-14-27(30)31/h3-4,7-13,18-19H,5-6,14-17H2,1-2H3,(H,30,31). The molecular formula is C27H30N2O4. The molecule has 4 rings (SSSR count). The Morgan fingerprint density at radius 2 is 1.55 bits per heavy atom. The zero-order chi connectivity index (χ0) is 23.2. The number of aromatic nitrogens is 1. The number of nitrogens with zero attached hydrogens (tertiary/aromatic N) is 2. The molecule has 0 bridgehead atoms. The van der Waals surface area contributed by atoms with Crippen molar-refractivity contribution in [2.24, 2.45) is 0 Å². The normalized spacial score (nSPS) is 11.1. The molecule has 6 heteroatoms. The highest BCUT2D eigenvalue weighted by Crippen LogP contribution is 2.32. The van der Waals surface area contributed by atoms with Crippen LogP contribution in [0.3, 0.4) is 0 Å². The SMILES string of the molecule is CN(C)c1cccc(OCCCCOc2ccc3c4ccccc4n(CCC(=O)O)c3c2)c1. The highest BCUT2D eigenvalue weighted by Gasteiger charge is 2.12. The maximum absolute atomic E-state index is 11.1. The van der Waals surface area contributed by atoms with E-state index in [9.17, 15) is 4.79 Å². The zero-order valence-corrected chi connectivity index (χ0v) is 19.2. The minimum Gasteiger partial charge on any atom is -0.494 e. The summed E-state index contributed by atoms with van der Waals surface area (Å²) in [6.45, 7) is 1.67. The summed E-state index contributed by atoms with van der Waals surface area (Å²) < 4.78 is 13.9. The molecule has 0 atom stereocenters. The number of carboxylic acid groups (broad SMARTS) is 1. The second-order valence-corrected chi connectivity index (χ2v) is 8.29. The van der Waals surface area contributed by atoms with Gasteiger partial charge in [-0.1, -0.05) is 24.3 Å². The summed E-state index contributed by atoms with van der Waals surface area (Å²) in [6, 6.07) is 22.2. The number of benzene rings is 3. The Morgan fingerprint density at radius 3 is 2.27 bits per heavy atom. The van der Waals surface area contributed by atoms with Crippen LogP contribution in [0, 0.1) is 0 Å². The molecule has 0 aliphatic heterocycles. The number of aliphatic carboxylic acids is 1. The van der Waals surface area contributed by atoms with E-state index < -0.39 is 5.97 Å². The molecule has 0 radical (unpaired) electrons. The molecule has 1 heterocycles. The van der Waals surface area contributed by atoms with Crippen molar-refractivity contribution in [2.45, 2.75) is 25.8 Å². The number of anilines is 1. The molecule has 4 aromatic rings. The summed E-state index contributed by atoms with van der Waals surface area (Å²) >= 11 is 0. The molecule has 3 aromatic carbocycles. The fourth-order valence-electron chi connectivity index (χ4n) is 4.00. The highest BCUT2D eigenvalue weighted by molar-refractivity contribution is 6.08. The van der Waals surface area contributed by atoms with Crippen LogP contribution in [0.25, 0.3) is 21.8 Å². The van der Waals surface area contributed by atoms with Gasteiger partial charge in [0.1, 0.15) is 11.5 Å². The fraction of sp³-hybridized carbons (Fsp3) is 0.296. The van der Waals surface area contributed by atoms with Gasteiger partial charge < -0.3 is 24.0 Å². The van der Waals surface area contributed by atoms with Gasteiger partial charge in [0.15, 0.2) is 0 Å². The lowest BCUT2D eigenvalue weighted by molar-refractivity contribution is -0.137. The summed E-state index contributed by atoms with van der Waals surface area (Å²) in [7, 11) is 4.03. The minimum absolute atomic E-state index is 0.0797. The topological polar surface area (TPSA) is 63.9 Å². The molecule has 1 N–H and O–H groups in total. The Hall–Kier alpha value is -3.67. The molecule has 0 spiro atoms. The molecule has 0 unspecified atom stereocenters. The molecule has 33 heavy (non-hydrogen) atoms. The number of unbranched alkanes of at least 4 members (excludes halogenated alkanes) is 1. The van der Waals surface area contributed by atoms with Gasteiger partial charge in [0.2, 0.25) is 0 Å². The largest absolute Gasteiger partial charge is 0.494 e. The number of aryl methyl sites for hydroxylation is 1. The predicted molar refractivity (Wildman–Crippen MR) is 133 cm³/mol. The van der Waals surface area contributed by atoms with E-state index in [1.54, 1.807) is 0 Å². The van der Waals surface area contributed by atoms with Gasteiger partial charge in [0.25, 0.3) is 0 Å². The molecule has 0 saturated heterocycles. The van der Waals surface area contributed by atoms with E-state index in [4.69, 9.17) is 14.6 Å². The quantitative estimate of drug-likeness (QED) is 0.305. The maximum atomic E-state index is 11.1. The number of hydrogen-bond acceptors (Lipinski definition) is 4. The van der Waals surface area contributed by atoms with Gasteiger partial charge in [-0.3, -0.25) is 4.79 Å². The lowest BCUT2D eigenvalue weighted by atomic mass is 10.1. The van der Waals surface area contributed by atoms with E-state index in [-0.39, 0.29) is 6.42 Å². The van der Waals surface area contributed by atoms with Crippen LogP contribution in [0.15, 0.2) is 66.7 Å². The van der Waals surface area contributed by atoms with Crippen LogP contribution in [-0.2, 0) is 11.3 Å². The second-order valence-electron chi connectivity index (χ2n) is 8.29. The van der Waals surface area contributed by atoms with Crippen molar-refractivity contribution >= 4 is 33.5 Å². The first kappa shape index (κ1) is 22.5. The lowest BCUT2D eigenvalue weighted by Crippen LogP contribution is -2.08. The summed E-state index contributed by atoms with van der Waals surface area (Å²) in [5.74, 6) is 0.868. The first-order chi connectivity index (χ1) is 16.0. The highest BCUT2D eigenvalue weighted by atomic mass is 16.5. The maximum Gasteiger partial charge on any atom is 0.305 e. The van der Waals surface area contributed by atoms with E-state index in [1.165, 1.54) is 0 Å². The van der Waals surface area contributed by atoms with Crippen molar-refractivity contribution in [1.82, 2.24) is 4.57 Å². The van der Waals surface area contributed by atoms with Gasteiger partial charge in [-0.2, -0.15) is 0 Å². The summed E-state index contributed by atoms with van der Waals surface area (Å²) in [5, 5.41) is 11.4. The number of carboxylic acids is 1. The van der Waals surface area contributed by atoms with Crippen LogP contribution in [0.1, 0.15) is 19.3 Å². The Morgan fingerprint density at radius 1 is 0.848 bits per heavy atom.